The highest BCUT2D eigenvalue weighted by Gasteiger charge is 2.21. The molecular weight excluding hydrogens is 884 g/mol. The lowest BCUT2D eigenvalue weighted by Crippen LogP contribution is -2.39. The molecule has 2 aromatic heterocycles. The molecule has 1 aliphatic heterocycles. The van der Waals surface area contributed by atoms with Crippen LogP contribution in [0.1, 0.15) is 76.3 Å². The Labute approximate surface area is 312 Å². The van der Waals surface area contributed by atoms with Crippen LogP contribution in [0.2, 0.25) is 0 Å². The molecule has 3 aliphatic rings. The van der Waals surface area contributed by atoms with Gasteiger partial charge in [0.2, 0.25) is 0 Å². The number of aromatic amines is 2. The Morgan fingerprint density at radius 3 is 1.24 bits per heavy atom. The fraction of sp³-hybridized carbons (Fsp3) is 0.500. The van der Waals surface area contributed by atoms with E-state index >= 15 is 0 Å². The van der Waals surface area contributed by atoms with Crippen molar-refractivity contribution in [3.63, 3.8) is 0 Å². The lowest BCUT2D eigenvalue weighted by molar-refractivity contribution is 0.342. The zero-order valence-electron chi connectivity index (χ0n) is 25.4. The molecule has 0 atom stereocenters. The maximum atomic E-state index is 12.8. The van der Waals surface area contributed by atoms with Crippen LogP contribution in [-0.2, 0) is 0 Å². The highest BCUT2D eigenvalue weighted by atomic mass is 79.9. The van der Waals surface area contributed by atoms with Crippen molar-refractivity contribution in [2.45, 2.75) is 76.3 Å². The molecule has 7 rings (SSSR count). The number of nitrogens with zero attached hydrogens (tertiary/aromatic N) is 2. The van der Waals surface area contributed by atoms with Gasteiger partial charge in [-0.3, -0.25) is 18.7 Å². The molecule has 248 valence electrons. The number of piperazine rings is 1. The van der Waals surface area contributed by atoms with Gasteiger partial charge in [-0.05, 0) is 106 Å². The van der Waals surface area contributed by atoms with Gasteiger partial charge in [-0.15, -0.1) is 0 Å². The van der Waals surface area contributed by atoms with Crippen molar-refractivity contribution in [3.05, 3.63) is 72.4 Å². The molecule has 2 aliphatic carbocycles. The summed E-state index contributed by atoms with van der Waals surface area (Å²) in [5, 5.41) is 7.79. The van der Waals surface area contributed by atoms with Crippen molar-refractivity contribution in [1.29, 1.82) is 0 Å². The monoisotopic (exact) mass is 918 g/mol. The Kier molecular flexibility index (Phi) is 13.5. The molecule has 1 saturated heterocycles. The second-order valence-corrected chi connectivity index (χ2v) is 16.2. The van der Waals surface area contributed by atoms with Gasteiger partial charge < -0.3 is 20.6 Å². The van der Waals surface area contributed by atoms with Crippen molar-refractivity contribution in [1.82, 2.24) is 29.7 Å². The number of halogens is 4. The minimum absolute atomic E-state index is 0.0117. The van der Waals surface area contributed by atoms with E-state index in [1.54, 1.807) is 9.13 Å². The quantitative estimate of drug-likeness (QED) is 0.150. The maximum absolute atomic E-state index is 12.8. The zero-order valence-corrected chi connectivity index (χ0v) is 33.4. The lowest BCUT2D eigenvalue weighted by Gasteiger charge is -2.24. The van der Waals surface area contributed by atoms with Crippen LogP contribution in [0.15, 0.2) is 51.7 Å². The van der Waals surface area contributed by atoms with Crippen LogP contribution < -0.4 is 21.8 Å². The molecule has 0 bridgehead atoms. The Morgan fingerprint density at radius 2 is 0.913 bits per heavy atom. The first kappa shape index (κ1) is 36.3. The van der Waals surface area contributed by atoms with Crippen LogP contribution in [0.3, 0.4) is 0 Å². The highest BCUT2D eigenvalue weighted by molar-refractivity contribution is 9.11. The van der Waals surface area contributed by atoms with Crippen molar-refractivity contribution in [2.24, 2.45) is 0 Å². The summed E-state index contributed by atoms with van der Waals surface area (Å²) in [5.41, 5.74) is 1.57. The van der Waals surface area contributed by atoms with E-state index in [2.05, 4.69) is 84.3 Å². The SMILES string of the molecule is C1CNCCN1.O=c1c2cc(Br)cc(Br)c2[nH]c(=S)n1C1CCCCC1.O=c1c2cc(Br)cc(Br)c2[nH]c(=S)n1C1CCCCC1. The molecule has 0 spiro atoms. The van der Waals surface area contributed by atoms with Gasteiger partial charge in [-0.25, -0.2) is 0 Å². The van der Waals surface area contributed by atoms with E-state index in [0.29, 0.717) is 20.3 Å². The topological polar surface area (TPSA) is 99.6 Å². The summed E-state index contributed by atoms with van der Waals surface area (Å²) in [7, 11) is 0. The van der Waals surface area contributed by atoms with Gasteiger partial charge in [-0.2, -0.15) is 0 Å². The number of hydrogen-bond acceptors (Lipinski definition) is 6. The first-order valence-corrected chi connectivity index (χ1v) is 19.8. The molecule has 2 aromatic carbocycles. The minimum atomic E-state index is 0.0117. The first-order valence-electron chi connectivity index (χ1n) is 15.8. The summed E-state index contributed by atoms with van der Waals surface area (Å²) in [6.45, 7) is 4.56. The summed E-state index contributed by atoms with van der Waals surface area (Å²) in [5.74, 6) is 0. The van der Waals surface area contributed by atoms with Crippen molar-refractivity contribution < 1.29 is 0 Å². The predicted molar refractivity (Wildman–Crippen MR) is 208 cm³/mol. The molecule has 14 heteroatoms. The van der Waals surface area contributed by atoms with Gasteiger partial charge in [0, 0.05) is 56.2 Å². The third-order valence-electron chi connectivity index (χ3n) is 8.75. The van der Waals surface area contributed by atoms with E-state index in [1.165, 1.54) is 38.5 Å². The number of rotatable bonds is 2. The van der Waals surface area contributed by atoms with E-state index < -0.39 is 0 Å². The molecule has 0 amide bonds. The van der Waals surface area contributed by atoms with E-state index in [0.717, 1.165) is 80.8 Å². The third kappa shape index (κ3) is 8.77. The Bertz CT molecular complexity index is 1780. The fourth-order valence-corrected chi connectivity index (χ4v) is 9.78. The number of hydrogen-bond donors (Lipinski definition) is 4. The Hall–Kier alpha value is -1.00. The molecule has 3 heterocycles. The Morgan fingerprint density at radius 1 is 0.565 bits per heavy atom. The second-order valence-electron chi connectivity index (χ2n) is 11.9. The fourth-order valence-electron chi connectivity index (χ4n) is 6.46. The van der Waals surface area contributed by atoms with Crippen molar-refractivity contribution in [3.8, 4) is 0 Å². The molecule has 46 heavy (non-hydrogen) atoms. The van der Waals surface area contributed by atoms with E-state index in [1.807, 2.05) is 24.3 Å². The molecule has 4 N–H and O–H groups in total. The number of nitrogens with one attached hydrogen (secondary N) is 4. The number of aromatic nitrogens is 4. The molecule has 2 saturated carbocycles. The van der Waals surface area contributed by atoms with Gasteiger partial charge in [0.05, 0.1) is 21.8 Å². The number of benzene rings is 2. The summed E-state index contributed by atoms with van der Waals surface area (Å²) in [6.07, 6.45) is 11.4. The van der Waals surface area contributed by atoms with E-state index in [-0.39, 0.29) is 23.2 Å². The molecular formula is C32H38Br4N6O2S2. The van der Waals surface area contributed by atoms with Crippen LogP contribution in [0.5, 0.6) is 0 Å². The second kappa shape index (κ2) is 17.1. The number of H-pyrrole nitrogens is 2. The molecule has 0 radical (unpaired) electrons. The van der Waals surface area contributed by atoms with Gasteiger partial charge in [-0.1, -0.05) is 70.4 Å². The van der Waals surface area contributed by atoms with Crippen LogP contribution >= 0.6 is 88.2 Å². The van der Waals surface area contributed by atoms with Gasteiger partial charge >= 0.3 is 0 Å². The average Bonchev–Trinajstić information content (AvgIpc) is 3.05. The minimum Gasteiger partial charge on any atom is -0.331 e. The summed E-state index contributed by atoms with van der Waals surface area (Å²) >= 11 is 24.7. The molecule has 3 fully saturated rings. The lowest BCUT2D eigenvalue weighted by atomic mass is 9.95. The predicted octanol–water partition coefficient (Wildman–Crippen LogP) is 9.36. The smallest absolute Gasteiger partial charge is 0.262 e. The Balaban J connectivity index is 0.000000154. The average molecular weight is 922 g/mol. The number of fused-ring (bicyclic) bond motifs is 2. The van der Waals surface area contributed by atoms with Gasteiger partial charge in [0.25, 0.3) is 11.1 Å². The largest absolute Gasteiger partial charge is 0.331 e. The normalized spacial score (nSPS) is 17.7. The maximum Gasteiger partial charge on any atom is 0.262 e. The summed E-state index contributed by atoms with van der Waals surface area (Å²) < 4.78 is 8.06. The molecule has 4 aromatic rings. The van der Waals surface area contributed by atoms with E-state index in [9.17, 15) is 9.59 Å². The molecule has 8 nitrogen and oxygen atoms in total. The van der Waals surface area contributed by atoms with Crippen LogP contribution in [0.4, 0.5) is 0 Å². The van der Waals surface area contributed by atoms with Gasteiger partial charge in [0.15, 0.2) is 9.54 Å². The highest BCUT2D eigenvalue weighted by Crippen LogP contribution is 2.31. The summed E-state index contributed by atoms with van der Waals surface area (Å²) in [6, 6.07) is 8.01. The van der Waals surface area contributed by atoms with Crippen molar-refractivity contribution in [2.75, 3.05) is 26.2 Å². The summed E-state index contributed by atoms with van der Waals surface area (Å²) in [4.78, 5) is 32.0. The van der Waals surface area contributed by atoms with Crippen LogP contribution in [0, 0.1) is 9.54 Å². The van der Waals surface area contributed by atoms with Crippen LogP contribution in [0.25, 0.3) is 21.8 Å². The van der Waals surface area contributed by atoms with E-state index in [4.69, 9.17) is 24.4 Å². The first-order chi connectivity index (χ1) is 22.2. The van der Waals surface area contributed by atoms with Gasteiger partial charge in [0.1, 0.15) is 0 Å². The zero-order chi connectivity index (χ0) is 32.8. The standard InChI is InChI=1S/2C14H14Br2N2OS.C4H10N2/c2*15-8-6-10-12(11(16)7-8)17-14(20)18(13(10)19)9-4-2-1-3-5-9;1-2-6-4-3-5-1/h2*6-7,9H,1-5H2,(H,17,20);5-6H,1-4H2. The van der Waals surface area contributed by atoms with Crippen molar-refractivity contribution >= 4 is 110 Å². The third-order valence-corrected chi connectivity index (χ3v) is 11.5. The van der Waals surface area contributed by atoms with Crippen LogP contribution in [-0.4, -0.2) is 45.3 Å². The molecule has 0 unspecified atom stereocenters.